The van der Waals surface area contributed by atoms with Gasteiger partial charge in [0.15, 0.2) is 0 Å². The summed E-state index contributed by atoms with van der Waals surface area (Å²) in [6, 6.07) is 36.5. The molecule has 5 aromatic rings. The number of aryl methyl sites for hydroxylation is 1. The van der Waals surface area contributed by atoms with Crippen LogP contribution in [0.2, 0.25) is 0 Å². The van der Waals surface area contributed by atoms with Crippen molar-refractivity contribution in [1.29, 1.82) is 0 Å². The molecule has 6 rings (SSSR count). The maximum atomic E-state index is 9.28. The summed E-state index contributed by atoms with van der Waals surface area (Å²) >= 11 is 0. The van der Waals surface area contributed by atoms with Gasteiger partial charge in [0.2, 0.25) is 0 Å². The predicted molar refractivity (Wildman–Crippen MR) is 151 cm³/mol. The largest absolute Gasteiger partial charge is 0.491 e. The summed E-state index contributed by atoms with van der Waals surface area (Å²) in [5.74, 6) is 1.50. The lowest BCUT2D eigenvalue weighted by Gasteiger charge is -2.34. The minimum absolute atomic E-state index is 0.0123. The first-order valence-corrected chi connectivity index (χ1v) is 13.0. The van der Waals surface area contributed by atoms with Gasteiger partial charge >= 0.3 is 0 Å². The topological polar surface area (TPSA) is 58.9 Å². The van der Waals surface area contributed by atoms with E-state index in [9.17, 15) is 5.11 Å². The summed E-state index contributed by atoms with van der Waals surface area (Å²) in [6.07, 6.45) is 0. The van der Waals surface area contributed by atoms with Crippen molar-refractivity contribution in [3.05, 3.63) is 131 Å². The minimum Gasteiger partial charge on any atom is -0.491 e. The highest BCUT2D eigenvalue weighted by Crippen LogP contribution is 2.57. The summed E-state index contributed by atoms with van der Waals surface area (Å²) in [5.41, 5.74) is 7.89. The number of hydrogen-bond acceptors (Lipinski definition) is 4. The third-order valence-electron chi connectivity index (χ3n) is 7.47. The van der Waals surface area contributed by atoms with Gasteiger partial charge in [-0.25, -0.2) is 0 Å². The van der Waals surface area contributed by atoms with Gasteiger partial charge in [0.05, 0.1) is 18.6 Å². The normalized spacial score (nSPS) is 15.8. The zero-order valence-corrected chi connectivity index (χ0v) is 21.4. The van der Waals surface area contributed by atoms with Crippen LogP contribution in [0.15, 0.2) is 103 Å². The second-order valence-electron chi connectivity index (χ2n) is 9.74. The average molecular weight is 503 g/mol. The van der Waals surface area contributed by atoms with E-state index in [-0.39, 0.29) is 26.4 Å². The van der Waals surface area contributed by atoms with Gasteiger partial charge in [0.25, 0.3) is 0 Å². The van der Waals surface area contributed by atoms with Crippen molar-refractivity contribution in [3.8, 4) is 22.6 Å². The molecule has 190 valence electrons. The third kappa shape index (κ3) is 3.94. The maximum Gasteiger partial charge on any atom is 0.120 e. The second-order valence-corrected chi connectivity index (χ2v) is 9.74. The SMILES string of the molecule is Cc1ccc(C2(c3ccc4cc(OCCO)ccc4c3)c3ccccc3-c3cc(OCCO)ccc32)cc1. The lowest BCUT2D eigenvalue weighted by Crippen LogP contribution is -2.28. The van der Waals surface area contributed by atoms with Gasteiger partial charge in [-0.1, -0.05) is 78.4 Å². The van der Waals surface area contributed by atoms with E-state index < -0.39 is 5.41 Å². The lowest BCUT2D eigenvalue weighted by molar-refractivity contribution is 0.201. The molecule has 0 amide bonds. The van der Waals surface area contributed by atoms with Gasteiger partial charge in [0.1, 0.15) is 24.7 Å². The molecular weight excluding hydrogens is 472 g/mol. The first-order valence-electron chi connectivity index (χ1n) is 13.0. The van der Waals surface area contributed by atoms with Gasteiger partial charge < -0.3 is 19.7 Å². The molecule has 1 aliphatic carbocycles. The molecule has 1 unspecified atom stereocenters. The van der Waals surface area contributed by atoms with Crippen LogP contribution in [0.5, 0.6) is 11.5 Å². The number of hydrogen-bond donors (Lipinski definition) is 2. The van der Waals surface area contributed by atoms with Gasteiger partial charge in [-0.2, -0.15) is 0 Å². The number of rotatable bonds is 8. The number of fused-ring (bicyclic) bond motifs is 4. The van der Waals surface area contributed by atoms with Crippen LogP contribution < -0.4 is 9.47 Å². The highest BCUT2D eigenvalue weighted by molar-refractivity contribution is 5.90. The van der Waals surface area contributed by atoms with Crippen LogP contribution in [0.4, 0.5) is 0 Å². The van der Waals surface area contributed by atoms with E-state index in [1.807, 2.05) is 18.2 Å². The fourth-order valence-corrected chi connectivity index (χ4v) is 5.82. The quantitative estimate of drug-likeness (QED) is 0.258. The second kappa shape index (κ2) is 9.97. The van der Waals surface area contributed by atoms with Crippen molar-refractivity contribution in [3.63, 3.8) is 0 Å². The minimum atomic E-state index is -0.505. The van der Waals surface area contributed by atoms with Crippen molar-refractivity contribution in [1.82, 2.24) is 0 Å². The summed E-state index contributed by atoms with van der Waals surface area (Å²) in [5, 5.41) is 20.6. The molecule has 0 heterocycles. The Balaban J connectivity index is 1.61. The van der Waals surface area contributed by atoms with Crippen LogP contribution >= 0.6 is 0 Å². The molecule has 5 aromatic carbocycles. The first-order chi connectivity index (χ1) is 18.6. The van der Waals surface area contributed by atoms with Crippen LogP contribution in [0, 0.1) is 6.92 Å². The fraction of sp³-hybridized carbons (Fsp3) is 0.176. The molecule has 38 heavy (non-hydrogen) atoms. The molecule has 0 saturated heterocycles. The highest BCUT2D eigenvalue weighted by atomic mass is 16.5. The molecule has 1 atom stereocenters. The van der Waals surface area contributed by atoms with E-state index in [0.29, 0.717) is 0 Å². The Hall–Kier alpha value is -4.12. The average Bonchev–Trinajstić information content (AvgIpc) is 3.25. The molecule has 0 radical (unpaired) electrons. The van der Waals surface area contributed by atoms with Crippen LogP contribution in [-0.2, 0) is 5.41 Å². The Morgan fingerprint density at radius 2 is 1.18 bits per heavy atom. The van der Waals surface area contributed by atoms with Gasteiger partial charge in [-0.05, 0) is 81.4 Å². The van der Waals surface area contributed by atoms with E-state index in [2.05, 4.69) is 91.9 Å². The maximum absolute atomic E-state index is 9.28. The summed E-state index contributed by atoms with van der Waals surface area (Å²) in [6.45, 7) is 2.62. The number of benzene rings is 5. The molecule has 0 aromatic heterocycles. The Kier molecular flexibility index (Phi) is 6.36. The van der Waals surface area contributed by atoms with Crippen LogP contribution in [-0.4, -0.2) is 36.6 Å². The Morgan fingerprint density at radius 1 is 0.579 bits per heavy atom. The summed E-state index contributed by atoms with van der Waals surface area (Å²) < 4.78 is 11.5. The zero-order valence-electron chi connectivity index (χ0n) is 21.4. The molecule has 0 bridgehead atoms. The molecule has 0 aliphatic heterocycles. The van der Waals surface area contributed by atoms with Crippen LogP contribution in [0.3, 0.4) is 0 Å². The summed E-state index contributed by atoms with van der Waals surface area (Å²) in [7, 11) is 0. The van der Waals surface area contributed by atoms with E-state index >= 15 is 0 Å². The Morgan fingerprint density at radius 3 is 1.95 bits per heavy atom. The van der Waals surface area contributed by atoms with E-state index in [0.717, 1.165) is 27.8 Å². The van der Waals surface area contributed by atoms with Crippen molar-refractivity contribution in [2.45, 2.75) is 12.3 Å². The number of aliphatic hydroxyl groups excluding tert-OH is 2. The number of aliphatic hydroxyl groups is 2. The van der Waals surface area contributed by atoms with Crippen molar-refractivity contribution in [2.75, 3.05) is 26.4 Å². The van der Waals surface area contributed by atoms with E-state index in [1.54, 1.807) is 0 Å². The van der Waals surface area contributed by atoms with Crippen molar-refractivity contribution >= 4 is 10.8 Å². The number of ether oxygens (including phenoxy) is 2. The van der Waals surface area contributed by atoms with E-state index in [4.69, 9.17) is 14.6 Å². The smallest absolute Gasteiger partial charge is 0.120 e. The van der Waals surface area contributed by atoms with Crippen LogP contribution in [0.25, 0.3) is 21.9 Å². The van der Waals surface area contributed by atoms with Gasteiger partial charge in [-0.3, -0.25) is 0 Å². The van der Waals surface area contributed by atoms with Gasteiger partial charge in [-0.15, -0.1) is 0 Å². The summed E-state index contributed by atoms with van der Waals surface area (Å²) in [4.78, 5) is 0. The van der Waals surface area contributed by atoms with Crippen molar-refractivity contribution < 1.29 is 19.7 Å². The molecular formula is C34H30O4. The Labute approximate surface area is 222 Å². The monoisotopic (exact) mass is 502 g/mol. The standard InChI is InChI=1S/C34H30O4/c1-23-6-10-26(11-7-23)34(27-12-8-25-21-28(37-18-16-35)13-9-24(25)20-27)32-5-3-2-4-30(32)31-22-29(38-19-17-36)14-15-33(31)34/h2-15,20-22,35-36H,16-19H2,1H3. The molecule has 0 saturated carbocycles. The van der Waals surface area contributed by atoms with Crippen molar-refractivity contribution in [2.24, 2.45) is 0 Å². The zero-order chi connectivity index (χ0) is 26.1. The van der Waals surface area contributed by atoms with Crippen LogP contribution in [0.1, 0.15) is 27.8 Å². The molecule has 2 N–H and O–H groups in total. The molecule has 0 fully saturated rings. The predicted octanol–water partition coefficient (Wildman–Crippen LogP) is 6.25. The lowest BCUT2D eigenvalue weighted by atomic mass is 9.67. The molecule has 0 spiro atoms. The van der Waals surface area contributed by atoms with Gasteiger partial charge in [0, 0.05) is 0 Å². The highest BCUT2D eigenvalue weighted by Gasteiger charge is 2.46. The first kappa shape index (κ1) is 24.2. The van der Waals surface area contributed by atoms with E-state index in [1.165, 1.54) is 33.4 Å². The third-order valence-corrected chi connectivity index (χ3v) is 7.47. The Bertz CT molecular complexity index is 1610. The molecule has 4 nitrogen and oxygen atoms in total. The fourth-order valence-electron chi connectivity index (χ4n) is 5.82. The molecule has 4 heteroatoms. The molecule has 1 aliphatic rings.